The van der Waals surface area contributed by atoms with Crippen LogP contribution in [0.1, 0.15) is 5.01 Å². The maximum Gasteiger partial charge on any atom is 0.161 e. The van der Waals surface area contributed by atoms with E-state index in [0.717, 1.165) is 27.2 Å². The van der Waals surface area contributed by atoms with Gasteiger partial charge in [0.05, 0.1) is 24.9 Å². The number of rotatable bonds is 5. The second-order valence-electron chi connectivity index (χ2n) is 3.85. The highest BCUT2D eigenvalue weighted by Gasteiger charge is 2.13. The summed E-state index contributed by atoms with van der Waals surface area (Å²) < 4.78 is 11.5. The van der Waals surface area contributed by atoms with Gasteiger partial charge in [0.2, 0.25) is 0 Å². The van der Waals surface area contributed by atoms with Crippen molar-refractivity contribution in [1.29, 1.82) is 0 Å². The van der Waals surface area contributed by atoms with Crippen LogP contribution in [0.4, 0.5) is 0 Å². The number of nitrogens with two attached hydrogens (primary N) is 1. The van der Waals surface area contributed by atoms with Gasteiger partial charge in [-0.25, -0.2) is 4.98 Å². The summed E-state index contributed by atoms with van der Waals surface area (Å²) in [6, 6.07) is 3.81. The molecule has 0 saturated heterocycles. The Hall–Kier alpha value is -1.11. The van der Waals surface area contributed by atoms with E-state index in [1.807, 2.05) is 17.5 Å². The van der Waals surface area contributed by atoms with Gasteiger partial charge in [-0.3, -0.25) is 0 Å². The fraction of sp³-hybridized carbons (Fsp3) is 0.308. The Balaban J connectivity index is 2.42. The molecule has 1 heterocycles. The van der Waals surface area contributed by atoms with Gasteiger partial charge in [0.25, 0.3) is 0 Å². The van der Waals surface area contributed by atoms with Crippen LogP contribution >= 0.6 is 27.3 Å². The van der Waals surface area contributed by atoms with Gasteiger partial charge < -0.3 is 15.2 Å². The van der Waals surface area contributed by atoms with E-state index in [2.05, 4.69) is 20.9 Å². The van der Waals surface area contributed by atoms with Crippen molar-refractivity contribution >= 4 is 27.3 Å². The van der Waals surface area contributed by atoms with E-state index in [1.54, 1.807) is 25.6 Å². The molecule has 19 heavy (non-hydrogen) atoms. The van der Waals surface area contributed by atoms with E-state index < -0.39 is 0 Å². The van der Waals surface area contributed by atoms with Gasteiger partial charge in [0.1, 0.15) is 0 Å². The first-order valence-electron chi connectivity index (χ1n) is 5.76. The summed E-state index contributed by atoms with van der Waals surface area (Å²) in [6.07, 6.45) is 0.801. The first-order valence-corrected chi connectivity index (χ1v) is 7.43. The van der Waals surface area contributed by atoms with Crippen LogP contribution < -0.4 is 15.2 Å². The van der Waals surface area contributed by atoms with Crippen molar-refractivity contribution in [1.82, 2.24) is 4.98 Å². The van der Waals surface area contributed by atoms with Crippen LogP contribution in [0.3, 0.4) is 0 Å². The Kier molecular flexibility index (Phi) is 4.79. The van der Waals surface area contributed by atoms with Gasteiger partial charge >= 0.3 is 0 Å². The molecule has 6 heteroatoms. The highest BCUT2D eigenvalue weighted by atomic mass is 79.9. The molecule has 0 radical (unpaired) electrons. The Bertz CT molecular complexity index is 572. The SMILES string of the molecule is COc1cc(Br)c(-c2csc(CCN)n2)cc1OC. The Morgan fingerprint density at radius 2 is 1.95 bits per heavy atom. The standard InChI is InChI=1S/C13H15BrN2O2S/c1-17-11-5-8(9(14)6-12(11)18-2)10-7-19-13(16-10)3-4-15/h5-7H,3-4,15H2,1-2H3. The number of hydrogen-bond donors (Lipinski definition) is 1. The molecular weight excluding hydrogens is 328 g/mol. The minimum atomic E-state index is 0.611. The molecule has 0 spiro atoms. The lowest BCUT2D eigenvalue weighted by atomic mass is 10.1. The van der Waals surface area contributed by atoms with Crippen LogP contribution in [0, 0.1) is 0 Å². The van der Waals surface area contributed by atoms with Gasteiger partial charge in [0, 0.05) is 21.8 Å². The molecule has 0 aliphatic heterocycles. The minimum Gasteiger partial charge on any atom is -0.493 e. The van der Waals surface area contributed by atoms with Crippen molar-refractivity contribution in [3.63, 3.8) is 0 Å². The zero-order valence-corrected chi connectivity index (χ0v) is 13.2. The van der Waals surface area contributed by atoms with Gasteiger partial charge in [0.15, 0.2) is 11.5 Å². The van der Waals surface area contributed by atoms with Crippen molar-refractivity contribution in [2.24, 2.45) is 5.73 Å². The van der Waals surface area contributed by atoms with Crippen molar-refractivity contribution in [2.45, 2.75) is 6.42 Å². The van der Waals surface area contributed by atoms with E-state index in [0.29, 0.717) is 18.0 Å². The van der Waals surface area contributed by atoms with Crippen LogP contribution in [0.5, 0.6) is 11.5 Å². The summed E-state index contributed by atoms with van der Waals surface area (Å²) in [5.41, 5.74) is 7.44. The lowest BCUT2D eigenvalue weighted by Crippen LogP contribution is -2.02. The van der Waals surface area contributed by atoms with E-state index >= 15 is 0 Å². The van der Waals surface area contributed by atoms with E-state index in [9.17, 15) is 0 Å². The van der Waals surface area contributed by atoms with E-state index in [4.69, 9.17) is 15.2 Å². The molecule has 0 atom stereocenters. The van der Waals surface area contributed by atoms with Crippen LogP contribution in [-0.4, -0.2) is 25.7 Å². The summed E-state index contributed by atoms with van der Waals surface area (Å²) in [6.45, 7) is 0.611. The molecule has 1 aromatic carbocycles. The average molecular weight is 343 g/mol. The largest absolute Gasteiger partial charge is 0.493 e. The average Bonchev–Trinajstić information content (AvgIpc) is 2.87. The lowest BCUT2D eigenvalue weighted by Gasteiger charge is -2.10. The van der Waals surface area contributed by atoms with Crippen molar-refractivity contribution in [2.75, 3.05) is 20.8 Å². The van der Waals surface area contributed by atoms with Gasteiger partial charge in [-0.1, -0.05) is 0 Å². The predicted molar refractivity (Wildman–Crippen MR) is 81.1 cm³/mol. The number of nitrogens with zero attached hydrogens (tertiary/aromatic N) is 1. The molecule has 2 N–H and O–H groups in total. The molecule has 0 amide bonds. The van der Waals surface area contributed by atoms with Crippen molar-refractivity contribution in [3.8, 4) is 22.8 Å². The lowest BCUT2D eigenvalue weighted by molar-refractivity contribution is 0.355. The second-order valence-corrected chi connectivity index (χ2v) is 5.65. The molecule has 0 fully saturated rings. The summed E-state index contributed by atoms with van der Waals surface area (Å²) in [5, 5.41) is 3.07. The number of ether oxygens (including phenoxy) is 2. The third kappa shape index (κ3) is 3.08. The molecule has 0 bridgehead atoms. The summed E-state index contributed by atoms with van der Waals surface area (Å²) in [4.78, 5) is 4.57. The van der Waals surface area contributed by atoms with Gasteiger partial charge in [-0.05, 0) is 34.6 Å². The fourth-order valence-electron chi connectivity index (χ4n) is 1.72. The quantitative estimate of drug-likeness (QED) is 0.906. The Labute approximate surface area is 124 Å². The Morgan fingerprint density at radius 1 is 1.26 bits per heavy atom. The second kappa shape index (κ2) is 6.36. The molecule has 2 rings (SSSR count). The number of aromatic nitrogens is 1. The smallest absolute Gasteiger partial charge is 0.161 e. The normalized spacial score (nSPS) is 10.5. The van der Waals surface area contributed by atoms with Crippen molar-refractivity contribution in [3.05, 3.63) is 27.0 Å². The Morgan fingerprint density at radius 3 is 2.58 bits per heavy atom. The third-order valence-corrected chi connectivity index (χ3v) is 4.22. The molecule has 0 aliphatic rings. The highest BCUT2D eigenvalue weighted by molar-refractivity contribution is 9.10. The molecule has 0 aliphatic carbocycles. The molecule has 2 aromatic rings. The monoisotopic (exact) mass is 342 g/mol. The molecule has 4 nitrogen and oxygen atoms in total. The maximum absolute atomic E-state index is 5.54. The molecule has 1 aromatic heterocycles. The molecular formula is C13H15BrN2O2S. The number of halogens is 1. The van der Waals surface area contributed by atoms with Gasteiger partial charge in [-0.15, -0.1) is 11.3 Å². The number of hydrogen-bond acceptors (Lipinski definition) is 5. The van der Waals surface area contributed by atoms with E-state index in [-0.39, 0.29) is 0 Å². The summed E-state index contributed by atoms with van der Waals surface area (Å²) in [5.74, 6) is 1.38. The van der Waals surface area contributed by atoms with Gasteiger partial charge in [-0.2, -0.15) is 0 Å². The topological polar surface area (TPSA) is 57.4 Å². The minimum absolute atomic E-state index is 0.611. The number of methoxy groups -OCH3 is 2. The molecule has 0 unspecified atom stereocenters. The van der Waals surface area contributed by atoms with Crippen LogP contribution in [0.2, 0.25) is 0 Å². The zero-order valence-electron chi connectivity index (χ0n) is 10.8. The number of benzene rings is 1. The summed E-state index contributed by atoms with van der Waals surface area (Å²) >= 11 is 5.16. The summed E-state index contributed by atoms with van der Waals surface area (Å²) in [7, 11) is 3.24. The maximum atomic E-state index is 5.54. The van der Waals surface area contributed by atoms with Crippen LogP contribution in [-0.2, 0) is 6.42 Å². The first-order chi connectivity index (χ1) is 9.19. The van der Waals surface area contributed by atoms with E-state index in [1.165, 1.54) is 0 Å². The fourth-order valence-corrected chi connectivity index (χ4v) is 3.06. The highest BCUT2D eigenvalue weighted by Crippen LogP contribution is 2.38. The first kappa shape index (κ1) is 14.3. The molecule has 102 valence electrons. The predicted octanol–water partition coefficient (Wildman–Crippen LogP) is 3.09. The van der Waals surface area contributed by atoms with Crippen molar-refractivity contribution < 1.29 is 9.47 Å². The van der Waals surface area contributed by atoms with Crippen LogP contribution in [0.25, 0.3) is 11.3 Å². The van der Waals surface area contributed by atoms with Crippen LogP contribution in [0.15, 0.2) is 22.0 Å². The molecule has 0 saturated carbocycles. The number of thiazole rings is 1. The zero-order chi connectivity index (χ0) is 13.8. The third-order valence-electron chi connectivity index (χ3n) is 2.66.